The Morgan fingerprint density at radius 2 is 1.63 bits per heavy atom. The Bertz CT molecular complexity index is 848. The van der Waals surface area contributed by atoms with Crippen molar-refractivity contribution in [1.29, 1.82) is 0 Å². The number of aryl methyl sites for hydroxylation is 3. The molecule has 1 aliphatic heterocycles. The minimum atomic E-state index is -0.0385. The molecule has 1 N–H and O–H groups in total. The SMILES string of the molecule is Cc1ccc(C(=O)NC2CCN(C(=O)CCCOc3c(C)cccc3C)CC2)cc1. The van der Waals surface area contributed by atoms with E-state index in [9.17, 15) is 9.59 Å². The van der Waals surface area contributed by atoms with Crippen LogP contribution in [0.4, 0.5) is 0 Å². The third kappa shape index (κ3) is 5.85. The highest BCUT2D eigenvalue weighted by atomic mass is 16.5. The van der Waals surface area contributed by atoms with E-state index in [-0.39, 0.29) is 17.9 Å². The Hall–Kier alpha value is -2.82. The van der Waals surface area contributed by atoms with E-state index in [0.717, 1.165) is 35.3 Å². The molecule has 0 atom stereocenters. The number of hydrogen-bond donors (Lipinski definition) is 1. The lowest BCUT2D eigenvalue weighted by Gasteiger charge is -2.32. The van der Waals surface area contributed by atoms with E-state index in [2.05, 4.69) is 5.32 Å². The number of carbonyl (C=O) groups is 2. The van der Waals surface area contributed by atoms with Gasteiger partial charge in [-0.25, -0.2) is 0 Å². The molecule has 0 saturated carbocycles. The van der Waals surface area contributed by atoms with E-state index in [1.165, 1.54) is 0 Å². The van der Waals surface area contributed by atoms with E-state index in [0.29, 0.717) is 38.1 Å². The van der Waals surface area contributed by atoms with Crippen LogP contribution in [0.5, 0.6) is 5.75 Å². The molecule has 30 heavy (non-hydrogen) atoms. The predicted molar refractivity (Wildman–Crippen MR) is 119 cm³/mol. The zero-order chi connectivity index (χ0) is 21.5. The highest BCUT2D eigenvalue weighted by Crippen LogP contribution is 2.22. The quantitative estimate of drug-likeness (QED) is 0.699. The number of rotatable bonds is 7. The molecule has 0 radical (unpaired) electrons. The molecule has 160 valence electrons. The van der Waals surface area contributed by atoms with Crippen LogP contribution in [0.15, 0.2) is 42.5 Å². The molecule has 2 aromatic rings. The molecule has 5 heteroatoms. The van der Waals surface area contributed by atoms with Gasteiger partial charge in [-0.15, -0.1) is 0 Å². The van der Waals surface area contributed by atoms with Gasteiger partial charge in [0.05, 0.1) is 6.61 Å². The molecule has 1 heterocycles. The fraction of sp³-hybridized carbons (Fsp3) is 0.440. The molecule has 1 fully saturated rings. The molecule has 0 bridgehead atoms. The van der Waals surface area contributed by atoms with E-state index in [4.69, 9.17) is 4.74 Å². The van der Waals surface area contributed by atoms with Crippen molar-refractivity contribution in [2.75, 3.05) is 19.7 Å². The number of hydrogen-bond acceptors (Lipinski definition) is 3. The summed E-state index contributed by atoms with van der Waals surface area (Å²) in [5.74, 6) is 1.06. The van der Waals surface area contributed by atoms with Crippen LogP contribution >= 0.6 is 0 Å². The largest absolute Gasteiger partial charge is 0.493 e. The monoisotopic (exact) mass is 408 g/mol. The number of nitrogens with one attached hydrogen (secondary N) is 1. The smallest absolute Gasteiger partial charge is 0.251 e. The molecule has 0 unspecified atom stereocenters. The molecule has 2 aromatic carbocycles. The minimum absolute atomic E-state index is 0.0385. The van der Waals surface area contributed by atoms with E-state index in [1.54, 1.807) is 0 Å². The Balaban J connectivity index is 1.36. The first-order chi connectivity index (χ1) is 14.4. The summed E-state index contributed by atoms with van der Waals surface area (Å²) in [6.45, 7) is 8.00. The van der Waals surface area contributed by atoms with Gasteiger partial charge in [-0.2, -0.15) is 0 Å². The standard InChI is InChI=1S/C25H32N2O3/c1-18-9-11-21(12-10-18)25(29)26-22-13-15-27(16-14-22)23(28)8-5-17-30-24-19(2)6-4-7-20(24)3/h4,6-7,9-12,22H,5,8,13-17H2,1-3H3,(H,26,29). The molecule has 0 spiro atoms. The van der Waals surface area contributed by atoms with Gasteiger partial charge in [0.1, 0.15) is 5.75 Å². The van der Waals surface area contributed by atoms with Crippen LogP contribution in [0.1, 0.15) is 52.7 Å². The van der Waals surface area contributed by atoms with Crippen LogP contribution in [0.3, 0.4) is 0 Å². The number of likely N-dealkylation sites (tertiary alicyclic amines) is 1. The first kappa shape index (κ1) is 21.9. The lowest BCUT2D eigenvalue weighted by molar-refractivity contribution is -0.132. The Morgan fingerprint density at radius 3 is 2.27 bits per heavy atom. The number of ether oxygens (including phenoxy) is 1. The van der Waals surface area contributed by atoms with E-state index in [1.807, 2.05) is 68.1 Å². The first-order valence-electron chi connectivity index (χ1n) is 10.8. The average Bonchev–Trinajstić information content (AvgIpc) is 2.73. The number of nitrogens with zero attached hydrogens (tertiary/aromatic N) is 1. The van der Waals surface area contributed by atoms with Crippen molar-refractivity contribution < 1.29 is 14.3 Å². The van der Waals surface area contributed by atoms with Crippen LogP contribution in [0, 0.1) is 20.8 Å². The van der Waals surface area contributed by atoms with Gasteiger partial charge in [0, 0.05) is 31.1 Å². The molecule has 1 aliphatic rings. The van der Waals surface area contributed by atoms with Crippen molar-refractivity contribution in [3.8, 4) is 5.75 Å². The van der Waals surface area contributed by atoms with Crippen molar-refractivity contribution in [3.05, 3.63) is 64.7 Å². The number of piperidine rings is 1. The molecular formula is C25H32N2O3. The lowest BCUT2D eigenvalue weighted by Crippen LogP contribution is -2.46. The van der Waals surface area contributed by atoms with Crippen LogP contribution in [-0.2, 0) is 4.79 Å². The van der Waals surface area contributed by atoms with Gasteiger partial charge in [-0.1, -0.05) is 35.9 Å². The summed E-state index contributed by atoms with van der Waals surface area (Å²) in [6, 6.07) is 13.8. The maximum atomic E-state index is 12.5. The third-order valence-corrected chi connectivity index (χ3v) is 5.69. The normalized spacial score (nSPS) is 14.4. The van der Waals surface area contributed by atoms with Crippen molar-refractivity contribution in [2.24, 2.45) is 0 Å². The van der Waals surface area contributed by atoms with Crippen LogP contribution < -0.4 is 10.1 Å². The summed E-state index contributed by atoms with van der Waals surface area (Å²) >= 11 is 0. The van der Waals surface area contributed by atoms with Gasteiger partial charge in [0.25, 0.3) is 5.91 Å². The number of para-hydroxylation sites is 1. The van der Waals surface area contributed by atoms with Gasteiger partial charge < -0.3 is 15.0 Å². The fourth-order valence-electron chi connectivity index (χ4n) is 3.83. The van der Waals surface area contributed by atoms with E-state index >= 15 is 0 Å². The summed E-state index contributed by atoms with van der Waals surface area (Å²) in [6.07, 6.45) is 2.78. The Kier molecular flexibility index (Phi) is 7.50. The summed E-state index contributed by atoms with van der Waals surface area (Å²) < 4.78 is 5.90. The highest BCUT2D eigenvalue weighted by Gasteiger charge is 2.23. The van der Waals surface area contributed by atoms with Crippen LogP contribution in [0.25, 0.3) is 0 Å². The van der Waals surface area contributed by atoms with Crippen LogP contribution in [-0.4, -0.2) is 42.5 Å². The second-order valence-electron chi connectivity index (χ2n) is 8.17. The maximum Gasteiger partial charge on any atom is 0.251 e. The van der Waals surface area contributed by atoms with Crippen LogP contribution in [0.2, 0.25) is 0 Å². The second kappa shape index (κ2) is 10.3. The molecule has 0 aromatic heterocycles. The number of carbonyl (C=O) groups excluding carboxylic acids is 2. The highest BCUT2D eigenvalue weighted by molar-refractivity contribution is 5.94. The summed E-state index contributed by atoms with van der Waals surface area (Å²) in [5, 5.41) is 3.10. The van der Waals surface area contributed by atoms with E-state index < -0.39 is 0 Å². The van der Waals surface area contributed by atoms with Gasteiger partial charge >= 0.3 is 0 Å². The minimum Gasteiger partial charge on any atom is -0.493 e. The Labute approximate surface area is 179 Å². The predicted octanol–water partition coefficient (Wildman–Crippen LogP) is 4.19. The summed E-state index contributed by atoms with van der Waals surface area (Å²) in [4.78, 5) is 26.8. The van der Waals surface area contributed by atoms with Gasteiger partial charge in [-0.3, -0.25) is 9.59 Å². The number of amides is 2. The zero-order valence-corrected chi connectivity index (χ0v) is 18.2. The van der Waals surface area contributed by atoms with Gasteiger partial charge in [-0.05, 0) is 63.3 Å². The lowest BCUT2D eigenvalue weighted by atomic mass is 10.0. The number of benzene rings is 2. The molecule has 3 rings (SSSR count). The molecular weight excluding hydrogens is 376 g/mol. The van der Waals surface area contributed by atoms with Crippen molar-refractivity contribution in [2.45, 2.75) is 52.5 Å². The maximum absolute atomic E-state index is 12.5. The summed E-state index contributed by atoms with van der Waals surface area (Å²) in [7, 11) is 0. The molecule has 1 saturated heterocycles. The first-order valence-corrected chi connectivity index (χ1v) is 10.8. The Morgan fingerprint density at radius 1 is 1.00 bits per heavy atom. The molecule has 2 amide bonds. The fourth-order valence-corrected chi connectivity index (χ4v) is 3.83. The third-order valence-electron chi connectivity index (χ3n) is 5.69. The van der Waals surface area contributed by atoms with Crippen molar-refractivity contribution >= 4 is 11.8 Å². The average molecular weight is 409 g/mol. The van der Waals surface area contributed by atoms with Crippen molar-refractivity contribution in [3.63, 3.8) is 0 Å². The molecule has 0 aliphatic carbocycles. The molecule has 5 nitrogen and oxygen atoms in total. The van der Waals surface area contributed by atoms with Gasteiger partial charge in [0.15, 0.2) is 0 Å². The van der Waals surface area contributed by atoms with Crippen molar-refractivity contribution in [1.82, 2.24) is 10.2 Å². The topological polar surface area (TPSA) is 58.6 Å². The second-order valence-corrected chi connectivity index (χ2v) is 8.17. The summed E-state index contributed by atoms with van der Waals surface area (Å²) in [5.41, 5.74) is 4.06. The zero-order valence-electron chi connectivity index (χ0n) is 18.2. The van der Waals surface area contributed by atoms with Gasteiger partial charge in [0.2, 0.25) is 5.91 Å².